The lowest BCUT2D eigenvalue weighted by Gasteiger charge is -2.24. The average Bonchev–Trinajstić information content (AvgIpc) is 2.43. The monoisotopic (exact) mass is 314 g/mol. The third-order valence-corrected chi connectivity index (χ3v) is 5.08. The molecule has 7 heteroatoms. The third-order valence-electron chi connectivity index (χ3n) is 3.59. The lowest BCUT2D eigenvalue weighted by molar-refractivity contribution is 0.227. The number of hydrogen-bond donors (Lipinski definition) is 3. The lowest BCUT2D eigenvalue weighted by atomic mass is 10.1. The zero-order valence-corrected chi connectivity index (χ0v) is 13.1. The molecule has 0 amide bonds. The fourth-order valence-corrected chi connectivity index (χ4v) is 3.91. The highest BCUT2D eigenvalue weighted by Gasteiger charge is 2.28. The molecular formula is C14H22N2O4S. The molecule has 1 atom stereocenters. The van der Waals surface area contributed by atoms with Crippen molar-refractivity contribution in [1.82, 2.24) is 4.72 Å². The molecule has 0 bridgehead atoms. The molecule has 21 heavy (non-hydrogen) atoms. The van der Waals surface area contributed by atoms with Crippen LogP contribution in [0.25, 0.3) is 0 Å². The van der Waals surface area contributed by atoms with E-state index in [2.05, 4.69) is 4.72 Å². The molecule has 0 spiro atoms. The molecule has 6 nitrogen and oxygen atoms in total. The molecule has 4 N–H and O–H groups in total. The number of nitrogens with one attached hydrogen (secondary N) is 1. The van der Waals surface area contributed by atoms with Gasteiger partial charge in [0.2, 0.25) is 10.0 Å². The Bertz CT molecular complexity index is 614. The van der Waals surface area contributed by atoms with E-state index in [9.17, 15) is 13.5 Å². The Kier molecular flexibility index (Phi) is 4.75. The summed E-state index contributed by atoms with van der Waals surface area (Å²) in [6.45, 7) is 3.92. The Hall–Kier alpha value is -1.31. The van der Waals surface area contributed by atoms with Gasteiger partial charge in [0.05, 0.1) is 13.2 Å². The second-order valence-corrected chi connectivity index (χ2v) is 7.30. The Morgan fingerprint density at radius 2 is 2.14 bits per heavy atom. The van der Waals surface area contributed by atoms with Crippen molar-refractivity contribution < 1.29 is 18.3 Å². The average molecular weight is 314 g/mol. The number of rotatable bonds is 5. The van der Waals surface area contributed by atoms with Crippen molar-refractivity contribution in [3.8, 4) is 5.75 Å². The van der Waals surface area contributed by atoms with Crippen LogP contribution in [0, 0.1) is 5.92 Å². The van der Waals surface area contributed by atoms with Gasteiger partial charge in [-0.05, 0) is 36.5 Å². The Labute approximate surface area is 125 Å². The number of benzene rings is 1. The first-order valence-electron chi connectivity index (χ1n) is 7.03. The van der Waals surface area contributed by atoms with E-state index in [-0.39, 0.29) is 17.4 Å². The van der Waals surface area contributed by atoms with Crippen LogP contribution in [0.4, 0.5) is 5.69 Å². The quantitative estimate of drug-likeness (QED) is 0.701. The maximum Gasteiger partial charge on any atom is 0.244 e. The van der Waals surface area contributed by atoms with Gasteiger partial charge in [-0.3, -0.25) is 0 Å². The fraction of sp³-hybridized carbons (Fsp3) is 0.571. The number of hydrogen-bond acceptors (Lipinski definition) is 5. The minimum Gasteiger partial charge on any atom is -0.492 e. The molecule has 1 heterocycles. The minimum absolute atomic E-state index is 0.0254. The summed E-state index contributed by atoms with van der Waals surface area (Å²) < 4.78 is 33.2. The second kappa shape index (κ2) is 6.21. The molecule has 0 aromatic heterocycles. The summed E-state index contributed by atoms with van der Waals surface area (Å²) in [5.41, 5.74) is 7.01. The van der Waals surface area contributed by atoms with Crippen molar-refractivity contribution in [3.05, 3.63) is 17.7 Å². The third kappa shape index (κ3) is 3.48. The van der Waals surface area contributed by atoms with Crippen LogP contribution in [0.2, 0.25) is 0 Å². The normalized spacial score (nSPS) is 16.4. The maximum absolute atomic E-state index is 12.6. The smallest absolute Gasteiger partial charge is 0.244 e. The van der Waals surface area contributed by atoms with Crippen LogP contribution < -0.4 is 15.2 Å². The van der Waals surface area contributed by atoms with Crippen molar-refractivity contribution in [1.29, 1.82) is 0 Å². The van der Waals surface area contributed by atoms with Crippen LogP contribution >= 0.6 is 0 Å². The molecule has 118 valence electrons. The van der Waals surface area contributed by atoms with Crippen LogP contribution in [0.3, 0.4) is 0 Å². The Balaban J connectivity index is 2.42. The molecule has 0 unspecified atom stereocenters. The largest absolute Gasteiger partial charge is 0.492 e. The van der Waals surface area contributed by atoms with Gasteiger partial charge in [0, 0.05) is 11.7 Å². The van der Waals surface area contributed by atoms with E-state index in [0.717, 1.165) is 18.4 Å². The topological polar surface area (TPSA) is 102 Å². The van der Waals surface area contributed by atoms with Gasteiger partial charge >= 0.3 is 0 Å². The number of sulfonamides is 1. The first kappa shape index (κ1) is 16.1. The fourth-order valence-electron chi connectivity index (χ4n) is 2.32. The van der Waals surface area contributed by atoms with Crippen LogP contribution in [0.5, 0.6) is 5.75 Å². The van der Waals surface area contributed by atoms with Crippen molar-refractivity contribution >= 4 is 15.7 Å². The van der Waals surface area contributed by atoms with Gasteiger partial charge in [0.15, 0.2) is 0 Å². The number of anilines is 1. The van der Waals surface area contributed by atoms with E-state index < -0.39 is 16.1 Å². The number of aryl methyl sites for hydroxylation is 1. The first-order chi connectivity index (χ1) is 9.85. The van der Waals surface area contributed by atoms with Gasteiger partial charge < -0.3 is 15.6 Å². The summed E-state index contributed by atoms with van der Waals surface area (Å²) in [6, 6.07) is 2.61. The van der Waals surface area contributed by atoms with Crippen molar-refractivity contribution in [2.75, 3.05) is 18.9 Å². The van der Waals surface area contributed by atoms with Gasteiger partial charge in [-0.1, -0.05) is 13.8 Å². The number of nitrogens with two attached hydrogens (primary N) is 1. The minimum atomic E-state index is -3.80. The summed E-state index contributed by atoms with van der Waals surface area (Å²) in [6.07, 6.45) is 1.59. The van der Waals surface area contributed by atoms with Crippen molar-refractivity contribution in [2.45, 2.75) is 37.6 Å². The molecular weight excluding hydrogens is 292 g/mol. The highest BCUT2D eigenvalue weighted by Crippen LogP contribution is 2.34. The van der Waals surface area contributed by atoms with Gasteiger partial charge in [0.25, 0.3) is 0 Å². The van der Waals surface area contributed by atoms with Gasteiger partial charge in [-0.15, -0.1) is 0 Å². The molecule has 0 saturated carbocycles. The number of ether oxygens (including phenoxy) is 1. The molecule has 0 saturated heterocycles. The van der Waals surface area contributed by atoms with E-state index in [0.29, 0.717) is 18.0 Å². The van der Waals surface area contributed by atoms with Gasteiger partial charge in [-0.2, -0.15) is 0 Å². The number of aliphatic hydroxyl groups excluding tert-OH is 1. The highest BCUT2D eigenvalue weighted by atomic mass is 32.2. The van der Waals surface area contributed by atoms with E-state index in [1.807, 2.05) is 13.8 Å². The van der Waals surface area contributed by atoms with Crippen molar-refractivity contribution in [2.24, 2.45) is 5.92 Å². The first-order valence-corrected chi connectivity index (χ1v) is 8.52. The SMILES string of the molecule is CC(C)[C@@H](CO)NS(=O)(=O)c1cc(N)cc2c1OCCC2. The lowest BCUT2D eigenvalue weighted by Crippen LogP contribution is -2.41. The highest BCUT2D eigenvalue weighted by molar-refractivity contribution is 7.89. The summed E-state index contributed by atoms with van der Waals surface area (Å²) >= 11 is 0. The van der Waals surface area contributed by atoms with E-state index in [1.165, 1.54) is 6.07 Å². The van der Waals surface area contributed by atoms with Crippen LogP contribution in [0.1, 0.15) is 25.8 Å². The predicted molar refractivity (Wildman–Crippen MR) is 80.7 cm³/mol. The summed E-state index contributed by atoms with van der Waals surface area (Å²) in [7, 11) is -3.80. The predicted octanol–water partition coefficient (Wildman–Crippen LogP) is 0.889. The second-order valence-electron chi connectivity index (χ2n) is 5.61. The van der Waals surface area contributed by atoms with Crippen molar-refractivity contribution in [3.63, 3.8) is 0 Å². The number of nitrogen functional groups attached to an aromatic ring is 1. The summed E-state index contributed by atoms with van der Waals surface area (Å²) in [4.78, 5) is 0.0521. The molecule has 1 aliphatic heterocycles. The summed E-state index contributed by atoms with van der Waals surface area (Å²) in [5, 5.41) is 9.32. The standard InChI is InChI=1S/C14H22N2O4S/c1-9(2)12(8-17)16-21(18,19)13-7-11(15)6-10-4-3-5-20-14(10)13/h6-7,9,12,16-17H,3-5,8,15H2,1-2H3/t12-/m1/s1. The van der Waals surface area contributed by atoms with E-state index >= 15 is 0 Å². The molecule has 0 radical (unpaired) electrons. The molecule has 1 aliphatic rings. The summed E-state index contributed by atoms with van der Waals surface area (Å²) in [5.74, 6) is 0.353. The van der Waals surface area contributed by atoms with Crippen LogP contribution in [-0.4, -0.2) is 32.8 Å². The Morgan fingerprint density at radius 3 is 2.76 bits per heavy atom. The molecule has 2 rings (SSSR count). The zero-order chi connectivity index (χ0) is 15.6. The van der Waals surface area contributed by atoms with E-state index in [4.69, 9.17) is 10.5 Å². The van der Waals surface area contributed by atoms with Crippen LogP contribution in [0.15, 0.2) is 17.0 Å². The molecule has 1 aromatic carbocycles. The number of fused-ring (bicyclic) bond motifs is 1. The Morgan fingerprint density at radius 1 is 1.43 bits per heavy atom. The molecule has 0 aliphatic carbocycles. The van der Waals surface area contributed by atoms with Gasteiger partial charge in [-0.25, -0.2) is 13.1 Å². The zero-order valence-electron chi connectivity index (χ0n) is 12.3. The van der Waals surface area contributed by atoms with Crippen LogP contribution in [-0.2, 0) is 16.4 Å². The number of aliphatic hydroxyl groups is 1. The van der Waals surface area contributed by atoms with Gasteiger partial charge in [0.1, 0.15) is 10.6 Å². The maximum atomic E-state index is 12.6. The van der Waals surface area contributed by atoms with E-state index in [1.54, 1.807) is 6.07 Å². The molecule has 1 aromatic rings. The molecule has 0 fully saturated rings.